The number of ether oxygens (including phenoxy) is 2. The number of pyridine rings is 1. The predicted molar refractivity (Wildman–Crippen MR) is 96.4 cm³/mol. The highest BCUT2D eigenvalue weighted by molar-refractivity contribution is 5.97. The molecule has 0 radical (unpaired) electrons. The zero-order chi connectivity index (χ0) is 22.9. The molecule has 0 bridgehead atoms. The standard InChI is InChI=1S/C19H16F5N3O4/c1-30-15-9(2-3-11(20)14(15)21)10-7-13(19(22,23)24)31-16(10)18(29)27-8-4-5-26-12(6-8)17(25)28/h2-6,10,13,16H,7H2,1H3,(H2,25,28)(H,26,27,29)/t10-,13+,16-/m0/s1. The summed E-state index contributed by atoms with van der Waals surface area (Å²) in [6, 6.07) is 4.18. The van der Waals surface area contributed by atoms with Gasteiger partial charge in [-0.2, -0.15) is 17.6 Å². The van der Waals surface area contributed by atoms with E-state index in [1.807, 2.05) is 0 Å². The number of nitrogens with zero attached hydrogens (tertiary/aromatic N) is 1. The van der Waals surface area contributed by atoms with Gasteiger partial charge in [0, 0.05) is 23.4 Å². The maximum atomic E-state index is 14.1. The van der Waals surface area contributed by atoms with E-state index in [0.717, 1.165) is 25.3 Å². The summed E-state index contributed by atoms with van der Waals surface area (Å²) < 4.78 is 77.4. The molecule has 1 aromatic carbocycles. The summed E-state index contributed by atoms with van der Waals surface area (Å²) in [5.41, 5.74) is 4.81. The number of carbonyl (C=O) groups excluding carboxylic acids is 2. The number of carbonyl (C=O) groups is 2. The van der Waals surface area contributed by atoms with Gasteiger partial charge in [-0.1, -0.05) is 6.07 Å². The van der Waals surface area contributed by atoms with Crippen molar-refractivity contribution in [2.75, 3.05) is 12.4 Å². The van der Waals surface area contributed by atoms with Gasteiger partial charge in [0.1, 0.15) is 11.8 Å². The number of benzene rings is 1. The van der Waals surface area contributed by atoms with Crippen molar-refractivity contribution in [2.24, 2.45) is 5.73 Å². The van der Waals surface area contributed by atoms with Gasteiger partial charge in [0.05, 0.1) is 7.11 Å². The van der Waals surface area contributed by atoms with E-state index in [2.05, 4.69) is 10.3 Å². The quantitative estimate of drug-likeness (QED) is 0.689. The largest absolute Gasteiger partial charge is 0.493 e. The van der Waals surface area contributed by atoms with Gasteiger partial charge in [0.25, 0.3) is 11.8 Å². The van der Waals surface area contributed by atoms with Crippen LogP contribution in [0.5, 0.6) is 5.75 Å². The predicted octanol–water partition coefficient (Wildman–Crippen LogP) is 2.91. The highest BCUT2D eigenvalue weighted by Crippen LogP contribution is 2.45. The van der Waals surface area contributed by atoms with Crippen molar-refractivity contribution in [1.29, 1.82) is 0 Å². The van der Waals surface area contributed by atoms with E-state index in [0.29, 0.717) is 0 Å². The summed E-state index contributed by atoms with van der Waals surface area (Å²) in [6.07, 6.45) is -8.37. The Bertz CT molecular complexity index is 1010. The number of methoxy groups -OCH3 is 1. The van der Waals surface area contributed by atoms with Gasteiger partial charge in [-0.25, -0.2) is 4.39 Å². The fourth-order valence-corrected chi connectivity index (χ4v) is 3.33. The van der Waals surface area contributed by atoms with Gasteiger partial charge in [-0.15, -0.1) is 0 Å². The summed E-state index contributed by atoms with van der Waals surface area (Å²) in [5, 5.41) is 2.33. The molecule has 1 aliphatic rings. The van der Waals surface area contributed by atoms with E-state index >= 15 is 0 Å². The number of primary amides is 1. The molecule has 0 spiro atoms. The molecule has 1 fully saturated rings. The number of hydrogen-bond acceptors (Lipinski definition) is 5. The third-order valence-corrected chi connectivity index (χ3v) is 4.73. The van der Waals surface area contributed by atoms with Crippen molar-refractivity contribution in [3.63, 3.8) is 0 Å². The van der Waals surface area contributed by atoms with Crippen molar-refractivity contribution in [3.8, 4) is 5.75 Å². The molecule has 3 atom stereocenters. The van der Waals surface area contributed by atoms with Crippen LogP contribution >= 0.6 is 0 Å². The minimum absolute atomic E-state index is 0.0314. The number of anilines is 1. The van der Waals surface area contributed by atoms with Crippen LogP contribution in [-0.4, -0.2) is 42.3 Å². The number of aromatic nitrogens is 1. The van der Waals surface area contributed by atoms with Crippen LogP contribution in [0.4, 0.5) is 27.6 Å². The van der Waals surface area contributed by atoms with Gasteiger partial charge < -0.3 is 20.5 Å². The second kappa shape index (κ2) is 8.46. The average Bonchev–Trinajstić information content (AvgIpc) is 3.16. The number of nitrogens with one attached hydrogen (secondary N) is 1. The van der Waals surface area contributed by atoms with Crippen LogP contribution in [0.25, 0.3) is 0 Å². The molecule has 1 aromatic heterocycles. The molecule has 0 saturated carbocycles. The molecule has 31 heavy (non-hydrogen) atoms. The number of rotatable bonds is 5. The van der Waals surface area contributed by atoms with E-state index in [9.17, 15) is 31.5 Å². The SMILES string of the molecule is COc1c([C@@H]2C[C@H](C(F)(F)F)O[C@@H]2C(=O)Nc2ccnc(C(N)=O)c2)ccc(F)c1F. The van der Waals surface area contributed by atoms with Crippen LogP contribution in [0.15, 0.2) is 30.5 Å². The Kier molecular flexibility index (Phi) is 6.11. The van der Waals surface area contributed by atoms with Crippen LogP contribution in [0.3, 0.4) is 0 Å². The van der Waals surface area contributed by atoms with Crippen LogP contribution in [0.2, 0.25) is 0 Å². The molecule has 0 aliphatic carbocycles. The maximum Gasteiger partial charge on any atom is 0.414 e. The van der Waals surface area contributed by atoms with Crippen LogP contribution < -0.4 is 15.8 Å². The van der Waals surface area contributed by atoms with E-state index in [4.69, 9.17) is 15.2 Å². The molecule has 12 heteroatoms. The molecule has 2 heterocycles. The molecule has 0 unspecified atom stereocenters. The molecule has 166 valence electrons. The third kappa shape index (κ3) is 4.58. The number of hydrogen-bond donors (Lipinski definition) is 2. The van der Waals surface area contributed by atoms with Gasteiger partial charge in [0.15, 0.2) is 17.7 Å². The number of amides is 2. The molecule has 3 rings (SSSR count). The molecule has 1 aliphatic heterocycles. The Morgan fingerprint density at radius 3 is 2.58 bits per heavy atom. The molecule has 3 N–H and O–H groups in total. The Hall–Kier alpha value is -3.28. The number of nitrogens with two attached hydrogens (primary N) is 1. The molecule has 2 amide bonds. The van der Waals surface area contributed by atoms with Gasteiger partial charge in [0.2, 0.25) is 5.82 Å². The first-order chi connectivity index (χ1) is 14.5. The van der Waals surface area contributed by atoms with Crippen molar-refractivity contribution < 1.29 is 41.0 Å². The molecule has 2 aromatic rings. The first kappa shape index (κ1) is 22.4. The highest BCUT2D eigenvalue weighted by Gasteiger charge is 2.52. The highest BCUT2D eigenvalue weighted by atomic mass is 19.4. The fraction of sp³-hybridized carbons (Fsp3) is 0.316. The Morgan fingerprint density at radius 2 is 1.97 bits per heavy atom. The summed E-state index contributed by atoms with van der Waals surface area (Å²) in [4.78, 5) is 27.7. The van der Waals surface area contributed by atoms with Gasteiger partial charge >= 0.3 is 6.18 Å². The average molecular weight is 445 g/mol. The Labute approximate surface area is 172 Å². The normalized spacial score (nSPS) is 21.0. The lowest BCUT2D eigenvalue weighted by atomic mass is 9.89. The second-order valence-corrected chi connectivity index (χ2v) is 6.70. The van der Waals surface area contributed by atoms with Crippen molar-refractivity contribution in [2.45, 2.75) is 30.7 Å². The van der Waals surface area contributed by atoms with Crippen LogP contribution in [0.1, 0.15) is 28.4 Å². The zero-order valence-electron chi connectivity index (χ0n) is 15.9. The van der Waals surface area contributed by atoms with Crippen LogP contribution in [0, 0.1) is 11.6 Å². The monoisotopic (exact) mass is 445 g/mol. The van der Waals surface area contributed by atoms with Gasteiger partial charge in [-0.05, 0) is 24.6 Å². The summed E-state index contributed by atoms with van der Waals surface area (Å²) >= 11 is 0. The number of alkyl halides is 3. The molecule has 7 nitrogen and oxygen atoms in total. The molecule has 1 saturated heterocycles. The number of halogens is 5. The first-order valence-corrected chi connectivity index (χ1v) is 8.83. The molecular formula is C19H16F5N3O4. The van der Waals surface area contributed by atoms with Crippen molar-refractivity contribution in [1.82, 2.24) is 4.98 Å². The summed E-state index contributed by atoms with van der Waals surface area (Å²) in [5.74, 6) is -6.44. The first-order valence-electron chi connectivity index (χ1n) is 8.83. The van der Waals surface area contributed by atoms with Crippen LogP contribution in [-0.2, 0) is 9.53 Å². The third-order valence-electron chi connectivity index (χ3n) is 4.73. The van der Waals surface area contributed by atoms with Gasteiger partial charge in [-0.3, -0.25) is 14.6 Å². The van der Waals surface area contributed by atoms with Crippen molar-refractivity contribution >= 4 is 17.5 Å². The smallest absolute Gasteiger partial charge is 0.414 e. The Balaban J connectivity index is 1.96. The minimum Gasteiger partial charge on any atom is -0.493 e. The Morgan fingerprint density at radius 1 is 1.26 bits per heavy atom. The van der Waals surface area contributed by atoms with E-state index in [1.54, 1.807) is 0 Å². The van der Waals surface area contributed by atoms with E-state index in [1.165, 1.54) is 12.3 Å². The molecular weight excluding hydrogens is 429 g/mol. The lowest BCUT2D eigenvalue weighted by Gasteiger charge is -2.21. The lowest BCUT2D eigenvalue weighted by Crippen LogP contribution is -2.34. The zero-order valence-corrected chi connectivity index (χ0v) is 15.9. The minimum atomic E-state index is -4.80. The second-order valence-electron chi connectivity index (χ2n) is 6.70. The lowest BCUT2D eigenvalue weighted by molar-refractivity contribution is -0.213. The maximum absolute atomic E-state index is 14.1. The topological polar surface area (TPSA) is 104 Å². The van der Waals surface area contributed by atoms with E-state index in [-0.39, 0.29) is 16.9 Å². The van der Waals surface area contributed by atoms with E-state index < -0.39 is 59.9 Å². The van der Waals surface area contributed by atoms with Crippen molar-refractivity contribution in [3.05, 3.63) is 53.4 Å². The summed E-state index contributed by atoms with van der Waals surface area (Å²) in [6.45, 7) is 0. The summed E-state index contributed by atoms with van der Waals surface area (Å²) in [7, 11) is 1.02. The fourth-order valence-electron chi connectivity index (χ4n) is 3.33.